The minimum Gasteiger partial charge on any atom is -0.457 e. The fourth-order valence-electron chi connectivity index (χ4n) is 3.57. The maximum Gasteiger partial charge on any atom is 0.338 e. The Morgan fingerprint density at radius 3 is 2.24 bits per heavy atom. The van der Waals surface area contributed by atoms with E-state index in [2.05, 4.69) is 5.32 Å². The number of esters is 1. The SMILES string of the molecule is O=C(Nc1ccccc1)c1ccc(COC(=O)c2cccc(S(=O)(=O)N3CCCC3)c2)cc1. The number of amides is 1. The van der Waals surface area contributed by atoms with Crippen LogP contribution in [0.3, 0.4) is 0 Å². The second-order valence-electron chi connectivity index (χ2n) is 7.73. The van der Waals surface area contributed by atoms with Crippen molar-refractivity contribution in [1.82, 2.24) is 4.31 Å². The van der Waals surface area contributed by atoms with Crippen molar-refractivity contribution in [2.45, 2.75) is 24.3 Å². The third kappa shape index (κ3) is 5.47. The van der Waals surface area contributed by atoms with Gasteiger partial charge in [0.2, 0.25) is 10.0 Å². The number of benzene rings is 3. The van der Waals surface area contributed by atoms with Crippen molar-refractivity contribution in [3.05, 3.63) is 95.6 Å². The molecule has 7 nitrogen and oxygen atoms in total. The minimum absolute atomic E-state index is 0.00250. The van der Waals surface area contributed by atoms with E-state index in [1.165, 1.54) is 22.5 Å². The molecular formula is C25H24N2O5S. The van der Waals surface area contributed by atoms with Crippen molar-refractivity contribution in [2.75, 3.05) is 18.4 Å². The van der Waals surface area contributed by atoms with Crippen LogP contribution in [0.4, 0.5) is 5.69 Å². The Balaban J connectivity index is 1.36. The molecule has 0 aromatic heterocycles. The Morgan fingerprint density at radius 2 is 1.55 bits per heavy atom. The van der Waals surface area contributed by atoms with E-state index in [9.17, 15) is 18.0 Å². The second-order valence-corrected chi connectivity index (χ2v) is 9.67. The molecule has 4 rings (SSSR count). The Kier molecular flexibility index (Phi) is 6.86. The standard InChI is InChI=1S/C25H24N2O5S/c28-24(26-22-8-2-1-3-9-22)20-13-11-19(12-14-20)18-32-25(29)21-7-6-10-23(17-21)33(30,31)27-15-4-5-16-27/h1-3,6-14,17H,4-5,15-16,18H2,(H,26,28). The quantitative estimate of drug-likeness (QED) is 0.532. The number of nitrogens with zero attached hydrogens (tertiary/aromatic N) is 1. The smallest absolute Gasteiger partial charge is 0.338 e. The predicted molar refractivity (Wildman–Crippen MR) is 124 cm³/mol. The third-order valence-corrected chi connectivity index (χ3v) is 7.28. The lowest BCUT2D eigenvalue weighted by Gasteiger charge is -2.15. The molecule has 1 aliphatic heterocycles. The molecule has 170 valence electrons. The summed E-state index contributed by atoms with van der Waals surface area (Å²) in [6, 6.07) is 21.8. The summed E-state index contributed by atoms with van der Waals surface area (Å²) in [5.74, 6) is -0.847. The molecule has 1 saturated heterocycles. The van der Waals surface area contributed by atoms with Crippen LogP contribution in [-0.2, 0) is 21.4 Å². The van der Waals surface area contributed by atoms with Crippen LogP contribution in [0, 0.1) is 0 Å². The molecule has 0 atom stereocenters. The van der Waals surface area contributed by atoms with Gasteiger partial charge in [0.05, 0.1) is 10.5 Å². The number of hydrogen-bond acceptors (Lipinski definition) is 5. The Bertz CT molecular complexity index is 1240. The maximum atomic E-state index is 12.7. The third-order valence-electron chi connectivity index (χ3n) is 5.39. The Labute approximate surface area is 193 Å². The van der Waals surface area contributed by atoms with E-state index in [1.807, 2.05) is 18.2 Å². The zero-order valence-electron chi connectivity index (χ0n) is 17.9. The highest BCUT2D eigenvalue weighted by atomic mass is 32.2. The van der Waals surface area contributed by atoms with Gasteiger partial charge < -0.3 is 10.1 Å². The highest BCUT2D eigenvalue weighted by molar-refractivity contribution is 7.89. The minimum atomic E-state index is -3.61. The number of hydrogen-bond donors (Lipinski definition) is 1. The maximum absolute atomic E-state index is 12.7. The van der Waals surface area contributed by atoms with Gasteiger partial charge in [-0.25, -0.2) is 13.2 Å². The van der Waals surface area contributed by atoms with E-state index >= 15 is 0 Å². The van der Waals surface area contributed by atoms with Gasteiger partial charge in [-0.3, -0.25) is 4.79 Å². The first-order valence-electron chi connectivity index (χ1n) is 10.7. The van der Waals surface area contributed by atoms with E-state index in [1.54, 1.807) is 42.5 Å². The lowest BCUT2D eigenvalue weighted by molar-refractivity contribution is 0.0472. The van der Waals surface area contributed by atoms with Gasteiger partial charge in [0, 0.05) is 24.3 Å². The predicted octanol–water partition coefficient (Wildman–Crippen LogP) is 4.08. The number of ether oxygens (including phenoxy) is 1. The number of nitrogens with one attached hydrogen (secondary N) is 1. The van der Waals surface area contributed by atoms with Crippen LogP contribution in [0.5, 0.6) is 0 Å². The summed E-state index contributed by atoms with van der Waals surface area (Å²) in [6.45, 7) is 0.995. The number of para-hydroxylation sites is 1. The average Bonchev–Trinajstić information content (AvgIpc) is 3.40. The highest BCUT2D eigenvalue weighted by Gasteiger charge is 2.27. The van der Waals surface area contributed by atoms with Gasteiger partial charge in [0.1, 0.15) is 6.61 Å². The summed E-state index contributed by atoms with van der Waals surface area (Å²) < 4.78 is 32.3. The fourth-order valence-corrected chi connectivity index (χ4v) is 5.13. The topological polar surface area (TPSA) is 92.8 Å². The van der Waals surface area contributed by atoms with E-state index in [0.717, 1.165) is 12.8 Å². The lowest BCUT2D eigenvalue weighted by atomic mass is 10.1. The Morgan fingerprint density at radius 1 is 0.848 bits per heavy atom. The van der Waals surface area contributed by atoms with E-state index < -0.39 is 16.0 Å². The van der Waals surface area contributed by atoms with Gasteiger partial charge >= 0.3 is 5.97 Å². The first kappa shape index (κ1) is 22.7. The molecule has 33 heavy (non-hydrogen) atoms. The van der Waals surface area contributed by atoms with E-state index in [0.29, 0.717) is 29.9 Å². The largest absolute Gasteiger partial charge is 0.457 e. The van der Waals surface area contributed by atoms with Crippen LogP contribution >= 0.6 is 0 Å². The second kappa shape index (κ2) is 9.97. The van der Waals surface area contributed by atoms with Crippen molar-refractivity contribution in [1.29, 1.82) is 0 Å². The molecular weight excluding hydrogens is 440 g/mol. The van der Waals surface area contributed by atoms with E-state index in [-0.39, 0.29) is 23.0 Å². The molecule has 8 heteroatoms. The molecule has 1 heterocycles. The van der Waals surface area contributed by atoms with Crippen molar-refractivity contribution in [3.63, 3.8) is 0 Å². The number of anilines is 1. The highest BCUT2D eigenvalue weighted by Crippen LogP contribution is 2.22. The lowest BCUT2D eigenvalue weighted by Crippen LogP contribution is -2.28. The molecule has 0 spiro atoms. The number of sulfonamides is 1. The molecule has 0 saturated carbocycles. The van der Waals surface area contributed by atoms with Crippen LogP contribution in [0.15, 0.2) is 83.8 Å². The molecule has 1 fully saturated rings. The summed E-state index contributed by atoms with van der Waals surface area (Å²) in [5, 5.41) is 2.81. The van der Waals surface area contributed by atoms with Crippen molar-refractivity contribution < 1.29 is 22.7 Å². The first-order chi connectivity index (χ1) is 15.9. The number of rotatable bonds is 7. The molecule has 3 aromatic rings. The van der Waals surface area contributed by atoms with Crippen LogP contribution in [0.1, 0.15) is 39.1 Å². The molecule has 0 bridgehead atoms. The van der Waals surface area contributed by atoms with Crippen molar-refractivity contribution >= 4 is 27.6 Å². The molecule has 1 amide bonds. The summed E-state index contributed by atoms with van der Waals surface area (Å²) in [4.78, 5) is 24.9. The van der Waals surface area contributed by atoms with Crippen LogP contribution in [-0.4, -0.2) is 37.7 Å². The molecule has 3 aromatic carbocycles. The molecule has 1 N–H and O–H groups in total. The monoisotopic (exact) mass is 464 g/mol. The average molecular weight is 465 g/mol. The molecule has 1 aliphatic rings. The van der Waals surface area contributed by atoms with Gasteiger partial charge in [0.15, 0.2) is 0 Å². The van der Waals surface area contributed by atoms with Crippen molar-refractivity contribution in [2.24, 2.45) is 0 Å². The van der Waals surface area contributed by atoms with Gasteiger partial charge in [-0.05, 0) is 60.9 Å². The summed E-state index contributed by atoms with van der Waals surface area (Å²) in [7, 11) is -3.61. The zero-order chi connectivity index (χ0) is 23.3. The van der Waals surface area contributed by atoms with Crippen molar-refractivity contribution in [3.8, 4) is 0 Å². The fraction of sp³-hybridized carbons (Fsp3) is 0.200. The summed E-state index contributed by atoms with van der Waals surface area (Å²) >= 11 is 0. The molecule has 0 aliphatic carbocycles. The van der Waals surface area contributed by atoms with Crippen LogP contribution in [0.2, 0.25) is 0 Å². The van der Waals surface area contributed by atoms with Gasteiger partial charge in [0.25, 0.3) is 5.91 Å². The van der Waals surface area contributed by atoms with Crippen LogP contribution < -0.4 is 5.32 Å². The molecule has 0 radical (unpaired) electrons. The van der Waals surface area contributed by atoms with E-state index in [4.69, 9.17) is 4.74 Å². The zero-order valence-corrected chi connectivity index (χ0v) is 18.8. The first-order valence-corrected chi connectivity index (χ1v) is 12.1. The van der Waals surface area contributed by atoms with Gasteiger partial charge in [-0.2, -0.15) is 4.31 Å². The summed E-state index contributed by atoms with van der Waals surface area (Å²) in [5.41, 5.74) is 2.07. The van der Waals surface area contributed by atoms with Gasteiger partial charge in [-0.1, -0.05) is 36.4 Å². The van der Waals surface area contributed by atoms with Crippen LogP contribution in [0.25, 0.3) is 0 Å². The Hall–Kier alpha value is -3.49. The number of carbonyl (C=O) groups is 2. The number of carbonyl (C=O) groups excluding carboxylic acids is 2. The normalized spacial score (nSPS) is 14.1. The molecule has 0 unspecified atom stereocenters. The summed E-state index contributed by atoms with van der Waals surface area (Å²) in [6.07, 6.45) is 1.68. The van der Waals surface area contributed by atoms with Gasteiger partial charge in [-0.15, -0.1) is 0 Å².